The number of carbonyl (C=O) groups is 1. The maximum absolute atomic E-state index is 12.9. The van der Waals surface area contributed by atoms with Crippen molar-refractivity contribution >= 4 is 38.7 Å². The Morgan fingerprint density at radius 2 is 1.94 bits per heavy atom. The van der Waals surface area contributed by atoms with E-state index in [0.717, 1.165) is 35.1 Å². The Balaban J connectivity index is 1.37. The number of nitrogens with zero attached hydrogens (tertiary/aromatic N) is 1. The third kappa shape index (κ3) is 5.02. The number of rotatable bonds is 5. The number of anilines is 1. The van der Waals surface area contributed by atoms with Crippen molar-refractivity contribution in [2.75, 3.05) is 18.0 Å². The fourth-order valence-corrected chi connectivity index (χ4v) is 4.43. The van der Waals surface area contributed by atoms with Crippen molar-refractivity contribution in [2.45, 2.75) is 31.7 Å². The van der Waals surface area contributed by atoms with Gasteiger partial charge in [-0.05, 0) is 58.6 Å². The van der Waals surface area contributed by atoms with E-state index in [0.29, 0.717) is 29.6 Å². The normalized spacial score (nSPS) is 15.3. The van der Waals surface area contributed by atoms with Gasteiger partial charge in [0.25, 0.3) is 5.95 Å². The number of piperidine rings is 1. The number of benzene rings is 2. The summed E-state index contributed by atoms with van der Waals surface area (Å²) >= 11 is 3.57. The van der Waals surface area contributed by atoms with Gasteiger partial charge in [0.2, 0.25) is 0 Å². The second-order valence-electron chi connectivity index (χ2n) is 7.44. The molecule has 10 heteroatoms. The lowest BCUT2D eigenvalue weighted by atomic mass is 10.1. The van der Waals surface area contributed by atoms with Crippen LogP contribution in [-0.4, -0.2) is 30.5 Å². The molecule has 0 amide bonds. The van der Waals surface area contributed by atoms with E-state index in [1.165, 1.54) is 12.1 Å². The van der Waals surface area contributed by atoms with Crippen LogP contribution in [0, 0.1) is 0 Å². The van der Waals surface area contributed by atoms with Gasteiger partial charge in [-0.1, -0.05) is 12.1 Å². The molecule has 1 saturated heterocycles. The van der Waals surface area contributed by atoms with Gasteiger partial charge in [-0.3, -0.25) is 0 Å². The van der Waals surface area contributed by atoms with E-state index in [1.807, 2.05) is 6.07 Å². The van der Waals surface area contributed by atoms with Crippen LogP contribution in [0.25, 0.3) is 11.0 Å². The quantitative estimate of drug-likeness (QED) is 0.395. The molecule has 6 nitrogen and oxygen atoms in total. The third-order valence-corrected chi connectivity index (χ3v) is 6.14. The van der Waals surface area contributed by atoms with Crippen molar-refractivity contribution in [1.29, 1.82) is 0 Å². The molecule has 3 aromatic rings. The van der Waals surface area contributed by atoms with Gasteiger partial charge in [0.15, 0.2) is 0 Å². The Morgan fingerprint density at radius 1 is 1.19 bits per heavy atom. The summed E-state index contributed by atoms with van der Waals surface area (Å²) in [6, 6.07) is 10.3. The topological polar surface area (TPSA) is 72.1 Å². The molecule has 0 unspecified atom stereocenters. The molecule has 170 valence electrons. The van der Waals surface area contributed by atoms with Crippen molar-refractivity contribution < 1.29 is 37.0 Å². The maximum Gasteiger partial charge on any atom is 0.513 e. The van der Waals surface area contributed by atoms with Gasteiger partial charge in [0.1, 0.15) is 5.58 Å². The van der Waals surface area contributed by atoms with Gasteiger partial charge < -0.3 is 23.9 Å². The highest BCUT2D eigenvalue weighted by atomic mass is 79.9. The zero-order valence-corrected chi connectivity index (χ0v) is 18.3. The summed E-state index contributed by atoms with van der Waals surface area (Å²) < 4.78 is 55.2. The molecule has 32 heavy (non-hydrogen) atoms. The van der Waals surface area contributed by atoms with Crippen molar-refractivity contribution in [1.82, 2.24) is 0 Å². The van der Waals surface area contributed by atoms with Crippen LogP contribution in [0.4, 0.5) is 23.7 Å². The van der Waals surface area contributed by atoms with Gasteiger partial charge >= 0.3 is 12.3 Å². The van der Waals surface area contributed by atoms with E-state index in [9.17, 15) is 18.0 Å². The molecule has 0 spiro atoms. The number of furan rings is 1. The van der Waals surface area contributed by atoms with E-state index in [2.05, 4.69) is 25.6 Å². The monoisotopic (exact) mass is 513 g/mol. The summed E-state index contributed by atoms with van der Waals surface area (Å²) in [7, 11) is 0. The highest BCUT2D eigenvalue weighted by molar-refractivity contribution is 9.10. The molecule has 0 saturated carbocycles. The van der Waals surface area contributed by atoms with Crippen LogP contribution in [0.1, 0.15) is 24.0 Å². The van der Waals surface area contributed by atoms with Crippen LogP contribution >= 0.6 is 15.9 Å². The average Bonchev–Trinajstić information content (AvgIpc) is 3.15. The van der Waals surface area contributed by atoms with Gasteiger partial charge in [-0.2, -0.15) is 13.2 Å². The van der Waals surface area contributed by atoms with Crippen LogP contribution in [0.3, 0.4) is 0 Å². The van der Waals surface area contributed by atoms with E-state index < -0.39 is 17.9 Å². The SMILES string of the molecule is O=C(O)Oc1cc2c(Br)c(N3CCC(OCc4cccc(C(F)(F)F)c4)CC3)ccc2o1. The predicted octanol–water partition coefficient (Wildman–Crippen LogP) is 6.46. The highest BCUT2D eigenvalue weighted by Gasteiger charge is 2.30. The summed E-state index contributed by atoms with van der Waals surface area (Å²) in [6.07, 6.45) is -4.42. The Bertz CT molecular complexity index is 1120. The van der Waals surface area contributed by atoms with Crippen LogP contribution in [0.5, 0.6) is 5.95 Å². The Kier molecular flexibility index (Phi) is 6.34. The first-order valence-electron chi connectivity index (χ1n) is 9.86. The molecule has 0 atom stereocenters. The van der Waals surface area contributed by atoms with Crippen molar-refractivity contribution in [3.8, 4) is 5.95 Å². The number of hydrogen-bond donors (Lipinski definition) is 1. The maximum atomic E-state index is 12.9. The summed E-state index contributed by atoms with van der Waals surface area (Å²) in [5, 5.41) is 9.44. The van der Waals surface area contributed by atoms with Gasteiger partial charge in [0, 0.05) is 24.5 Å². The van der Waals surface area contributed by atoms with Crippen LogP contribution in [0.15, 0.2) is 51.4 Å². The van der Waals surface area contributed by atoms with Gasteiger partial charge in [0.05, 0.1) is 28.4 Å². The fourth-order valence-electron chi connectivity index (χ4n) is 3.74. The Hall–Kier alpha value is -2.72. The summed E-state index contributed by atoms with van der Waals surface area (Å²) in [6.45, 7) is 1.53. The Labute approximate surface area is 189 Å². The molecule has 1 aliphatic rings. The number of fused-ring (bicyclic) bond motifs is 1. The number of hydrogen-bond acceptors (Lipinski definition) is 5. The fraction of sp³-hybridized carbons (Fsp3) is 0.318. The predicted molar refractivity (Wildman–Crippen MR) is 114 cm³/mol. The first kappa shape index (κ1) is 22.5. The van der Waals surface area contributed by atoms with Gasteiger partial charge in [-0.25, -0.2) is 4.79 Å². The third-order valence-electron chi connectivity index (χ3n) is 5.30. The average molecular weight is 514 g/mol. The van der Waals surface area contributed by atoms with E-state index in [1.54, 1.807) is 12.1 Å². The molecule has 1 aliphatic heterocycles. The minimum absolute atomic E-state index is 0.0483. The summed E-state index contributed by atoms with van der Waals surface area (Å²) in [5.74, 6) is -0.105. The zero-order chi connectivity index (χ0) is 22.9. The smallest absolute Gasteiger partial charge is 0.449 e. The molecule has 1 fully saturated rings. The minimum Gasteiger partial charge on any atom is -0.449 e. The number of alkyl halides is 3. The molecule has 1 N–H and O–H groups in total. The van der Waals surface area contributed by atoms with Crippen molar-refractivity contribution in [3.63, 3.8) is 0 Å². The summed E-state index contributed by atoms with van der Waals surface area (Å²) in [5.41, 5.74) is 1.24. The molecule has 0 bridgehead atoms. The molecule has 1 aromatic heterocycles. The first-order chi connectivity index (χ1) is 15.2. The van der Waals surface area contributed by atoms with Crippen molar-refractivity contribution in [3.05, 3.63) is 58.1 Å². The van der Waals surface area contributed by atoms with Crippen LogP contribution in [0.2, 0.25) is 0 Å². The lowest BCUT2D eigenvalue weighted by Crippen LogP contribution is -2.37. The van der Waals surface area contributed by atoms with E-state index >= 15 is 0 Å². The molecule has 0 radical (unpaired) electrons. The molecule has 2 aromatic carbocycles. The standard InChI is InChI=1S/C22H19BrF3NO5/c23-20-16-11-19(32-21(28)29)31-18(16)5-4-17(20)27-8-6-15(7-9-27)30-12-13-2-1-3-14(10-13)22(24,25)26/h1-5,10-11,15H,6-9,12H2,(H,28,29). The van der Waals surface area contributed by atoms with Crippen molar-refractivity contribution in [2.24, 2.45) is 0 Å². The Morgan fingerprint density at radius 3 is 2.62 bits per heavy atom. The van der Waals surface area contributed by atoms with Crippen LogP contribution in [-0.2, 0) is 17.5 Å². The van der Waals surface area contributed by atoms with Gasteiger partial charge in [-0.15, -0.1) is 0 Å². The van der Waals surface area contributed by atoms with Crippen LogP contribution < -0.4 is 9.64 Å². The molecular weight excluding hydrogens is 495 g/mol. The first-order valence-corrected chi connectivity index (χ1v) is 10.7. The minimum atomic E-state index is -4.37. The number of halogens is 4. The molecule has 4 rings (SSSR count). The zero-order valence-electron chi connectivity index (χ0n) is 16.7. The second-order valence-corrected chi connectivity index (χ2v) is 8.23. The molecule has 0 aliphatic carbocycles. The van der Waals surface area contributed by atoms with E-state index in [-0.39, 0.29) is 18.7 Å². The second kappa shape index (κ2) is 9.03. The number of carboxylic acid groups (broad SMARTS) is 1. The molecule has 2 heterocycles. The summed E-state index contributed by atoms with van der Waals surface area (Å²) in [4.78, 5) is 12.9. The lowest BCUT2D eigenvalue weighted by molar-refractivity contribution is -0.137. The van der Waals surface area contributed by atoms with E-state index in [4.69, 9.17) is 14.3 Å². The lowest BCUT2D eigenvalue weighted by Gasteiger charge is -2.34. The highest BCUT2D eigenvalue weighted by Crippen LogP contribution is 2.38. The largest absolute Gasteiger partial charge is 0.513 e. The molecular formula is C22H19BrF3NO5. The number of ether oxygens (including phenoxy) is 2.